The zero-order chi connectivity index (χ0) is 21.7. The van der Waals surface area contributed by atoms with Crippen molar-refractivity contribution in [2.24, 2.45) is 0 Å². The summed E-state index contributed by atoms with van der Waals surface area (Å²) < 4.78 is 10.2. The number of aromatic amines is 1. The monoisotopic (exact) mass is 415 g/mol. The maximum Gasteiger partial charge on any atom is 0.355 e. The van der Waals surface area contributed by atoms with E-state index < -0.39 is 11.9 Å². The van der Waals surface area contributed by atoms with Crippen molar-refractivity contribution in [2.45, 2.75) is 20.8 Å². The summed E-state index contributed by atoms with van der Waals surface area (Å²) in [5.41, 5.74) is 1.42. The summed E-state index contributed by atoms with van der Waals surface area (Å²) >= 11 is 0. The predicted octanol–water partition coefficient (Wildman–Crippen LogP) is 1.10. The second-order valence-electron chi connectivity index (χ2n) is 6.84. The van der Waals surface area contributed by atoms with Gasteiger partial charge in [0.1, 0.15) is 5.69 Å². The highest BCUT2D eigenvalue weighted by molar-refractivity contribution is 5.99. The molecule has 10 nitrogen and oxygen atoms in total. The molecule has 0 atom stereocenters. The van der Waals surface area contributed by atoms with Crippen LogP contribution in [0.5, 0.6) is 0 Å². The number of amides is 1. The standard InChI is InChI=1S/C20H25N5O5/c1-4-29-18(27)16-13(2)17(23-14(16)3)19(28)30-12-15(26)24-8-10-25(11-9-24)20-21-6-5-7-22-20/h5-7,23H,4,8-12H2,1-3H3. The Morgan fingerprint density at radius 2 is 1.70 bits per heavy atom. The molecule has 3 rings (SSSR count). The molecule has 0 saturated carbocycles. The molecule has 30 heavy (non-hydrogen) atoms. The van der Waals surface area contributed by atoms with E-state index >= 15 is 0 Å². The number of anilines is 1. The Bertz CT molecular complexity index is 919. The van der Waals surface area contributed by atoms with Crippen LogP contribution >= 0.6 is 0 Å². The average molecular weight is 415 g/mol. The van der Waals surface area contributed by atoms with Gasteiger partial charge in [0.05, 0.1) is 12.2 Å². The molecule has 0 aliphatic carbocycles. The smallest absolute Gasteiger partial charge is 0.355 e. The van der Waals surface area contributed by atoms with Gasteiger partial charge in [0.25, 0.3) is 5.91 Å². The topological polar surface area (TPSA) is 118 Å². The van der Waals surface area contributed by atoms with Crippen LogP contribution in [0.3, 0.4) is 0 Å². The lowest BCUT2D eigenvalue weighted by Crippen LogP contribution is -2.50. The first-order valence-corrected chi connectivity index (χ1v) is 9.75. The molecule has 1 aliphatic heterocycles. The number of carbonyl (C=O) groups excluding carboxylic acids is 3. The molecule has 0 radical (unpaired) electrons. The molecule has 10 heteroatoms. The van der Waals surface area contributed by atoms with E-state index in [0.29, 0.717) is 48.9 Å². The van der Waals surface area contributed by atoms with Gasteiger partial charge in [0.2, 0.25) is 5.95 Å². The Hall–Kier alpha value is -3.43. The minimum atomic E-state index is -0.684. The first-order valence-electron chi connectivity index (χ1n) is 9.75. The summed E-state index contributed by atoms with van der Waals surface area (Å²) in [5, 5.41) is 0. The van der Waals surface area contributed by atoms with Gasteiger partial charge >= 0.3 is 11.9 Å². The maximum atomic E-state index is 12.4. The number of nitrogens with one attached hydrogen (secondary N) is 1. The average Bonchev–Trinajstić information content (AvgIpc) is 3.06. The van der Waals surface area contributed by atoms with Crippen LogP contribution in [0.1, 0.15) is 39.0 Å². The molecule has 3 heterocycles. The van der Waals surface area contributed by atoms with Gasteiger partial charge < -0.3 is 24.3 Å². The highest BCUT2D eigenvalue weighted by Gasteiger charge is 2.26. The Labute approximate surface area is 174 Å². The minimum absolute atomic E-state index is 0.148. The summed E-state index contributed by atoms with van der Waals surface area (Å²) in [7, 11) is 0. The summed E-state index contributed by atoms with van der Waals surface area (Å²) in [6, 6.07) is 1.75. The Kier molecular flexibility index (Phi) is 6.65. The van der Waals surface area contributed by atoms with E-state index in [0.717, 1.165) is 0 Å². The number of aromatic nitrogens is 3. The Morgan fingerprint density at radius 1 is 1.03 bits per heavy atom. The van der Waals surface area contributed by atoms with Crippen molar-refractivity contribution >= 4 is 23.8 Å². The molecule has 2 aromatic heterocycles. The molecule has 0 spiro atoms. The molecular weight excluding hydrogens is 390 g/mol. The van der Waals surface area contributed by atoms with Gasteiger partial charge in [-0.15, -0.1) is 0 Å². The van der Waals surface area contributed by atoms with Crippen LogP contribution in [0.25, 0.3) is 0 Å². The van der Waals surface area contributed by atoms with Gasteiger partial charge in [-0.05, 0) is 32.4 Å². The number of H-pyrrole nitrogens is 1. The van der Waals surface area contributed by atoms with Crippen molar-refractivity contribution in [3.05, 3.63) is 41.0 Å². The van der Waals surface area contributed by atoms with Crippen molar-refractivity contribution in [1.29, 1.82) is 0 Å². The van der Waals surface area contributed by atoms with E-state index in [4.69, 9.17) is 9.47 Å². The quantitative estimate of drug-likeness (QED) is 0.697. The van der Waals surface area contributed by atoms with E-state index in [9.17, 15) is 14.4 Å². The Morgan fingerprint density at radius 3 is 2.33 bits per heavy atom. The number of nitrogens with zero attached hydrogens (tertiary/aromatic N) is 4. The van der Waals surface area contributed by atoms with Gasteiger partial charge in [-0.2, -0.15) is 0 Å². The third kappa shape index (κ3) is 4.58. The fourth-order valence-corrected chi connectivity index (χ4v) is 3.36. The van der Waals surface area contributed by atoms with E-state index in [-0.39, 0.29) is 24.8 Å². The van der Waals surface area contributed by atoms with Crippen LogP contribution in [0, 0.1) is 13.8 Å². The lowest BCUT2D eigenvalue weighted by atomic mass is 10.1. The van der Waals surface area contributed by atoms with Crippen molar-refractivity contribution in [3.63, 3.8) is 0 Å². The van der Waals surface area contributed by atoms with Crippen LogP contribution in [-0.4, -0.2) is 77.1 Å². The summed E-state index contributed by atoms with van der Waals surface area (Å²) in [6.45, 7) is 7.07. The van der Waals surface area contributed by atoms with Crippen LogP contribution in [0.4, 0.5) is 5.95 Å². The highest BCUT2D eigenvalue weighted by atomic mass is 16.5. The molecule has 1 aliphatic rings. The van der Waals surface area contributed by atoms with Gasteiger partial charge in [0, 0.05) is 44.3 Å². The SMILES string of the molecule is CCOC(=O)c1c(C)[nH]c(C(=O)OCC(=O)N2CCN(c3ncccn3)CC2)c1C. The van der Waals surface area contributed by atoms with E-state index in [1.165, 1.54) is 0 Å². The summed E-state index contributed by atoms with van der Waals surface area (Å²) in [4.78, 5) is 51.9. The number of piperazine rings is 1. The second kappa shape index (κ2) is 9.38. The van der Waals surface area contributed by atoms with E-state index in [2.05, 4.69) is 15.0 Å². The van der Waals surface area contributed by atoms with E-state index in [1.807, 2.05) is 4.90 Å². The predicted molar refractivity (Wildman–Crippen MR) is 107 cm³/mol. The number of esters is 2. The first-order chi connectivity index (χ1) is 14.4. The molecule has 1 fully saturated rings. The molecule has 0 bridgehead atoms. The normalized spacial score (nSPS) is 13.8. The van der Waals surface area contributed by atoms with Gasteiger partial charge in [-0.25, -0.2) is 19.6 Å². The van der Waals surface area contributed by atoms with Crippen molar-refractivity contribution in [2.75, 3.05) is 44.3 Å². The van der Waals surface area contributed by atoms with Crippen LogP contribution in [0.15, 0.2) is 18.5 Å². The molecule has 0 unspecified atom stereocenters. The van der Waals surface area contributed by atoms with Gasteiger partial charge in [0.15, 0.2) is 6.61 Å². The zero-order valence-corrected chi connectivity index (χ0v) is 17.3. The molecule has 0 aromatic carbocycles. The van der Waals surface area contributed by atoms with Gasteiger partial charge in [-0.1, -0.05) is 0 Å². The Balaban J connectivity index is 1.54. The van der Waals surface area contributed by atoms with Crippen LogP contribution in [-0.2, 0) is 14.3 Å². The minimum Gasteiger partial charge on any atom is -0.462 e. The van der Waals surface area contributed by atoms with E-state index in [1.54, 1.807) is 44.1 Å². The molecule has 1 saturated heterocycles. The number of hydrogen-bond donors (Lipinski definition) is 1. The van der Waals surface area contributed by atoms with Gasteiger partial charge in [-0.3, -0.25) is 4.79 Å². The number of carbonyl (C=O) groups is 3. The first kappa shape index (κ1) is 21.3. The number of ether oxygens (including phenoxy) is 2. The molecular formula is C20H25N5O5. The molecule has 1 amide bonds. The summed E-state index contributed by atoms with van der Waals surface area (Å²) in [6.07, 6.45) is 3.36. The fourth-order valence-electron chi connectivity index (χ4n) is 3.36. The second-order valence-corrected chi connectivity index (χ2v) is 6.84. The number of rotatable bonds is 6. The molecule has 1 N–H and O–H groups in total. The molecule has 160 valence electrons. The molecule has 2 aromatic rings. The third-order valence-corrected chi connectivity index (χ3v) is 4.92. The zero-order valence-electron chi connectivity index (χ0n) is 17.3. The lowest BCUT2D eigenvalue weighted by Gasteiger charge is -2.34. The fraction of sp³-hybridized carbons (Fsp3) is 0.450. The van der Waals surface area contributed by atoms with Crippen molar-refractivity contribution in [1.82, 2.24) is 19.9 Å². The van der Waals surface area contributed by atoms with Crippen LogP contribution in [0.2, 0.25) is 0 Å². The maximum absolute atomic E-state index is 12.4. The third-order valence-electron chi connectivity index (χ3n) is 4.92. The number of aryl methyl sites for hydroxylation is 1. The van der Waals surface area contributed by atoms with Crippen LogP contribution < -0.4 is 4.90 Å². The van der Waals surface area contributed by atoms with Crippen molar-refractivity contribution < 1.29 is 23.9 Å². The largest absolute Gasteiger partial charge is 0.462 e. The number of hydrogen-bond acceptors (Lipinski definition) is 8. The van der Waals surface area contributed by atoms with Crippen molar-refractivity contribution in [3.8, 4) is 0 Å². The summed E-state index contributed by atoms with van der Waals surface area (Å²) in [5.74, 6) is -0.829. The lowest BCUT2D eigenvalue weighted by molar-refractivity contribution is -0.134. The highest BCUT2D eigenvalue weighted by Crippen LogP contribution is 2.20.